The number of hydrogen-bond donors (Lipinski definition) is 1. The third kappa shape index (κ3) is 4.62. The molecule has 0 amide bonds. The molecule has 1 aliphatic rings. The van der Waals surface area contributed by atoms with E-state index in [4.69, 9.17) is 9.47 Å². The number of rotatable bonds is 7. The van der Waals surface area contributed by atoms with Crippen LogP contribution in [-0.2, 0) is 6.18 Å². The van der Waals surface area contributed by atoms with Gasteiger partial charge in [0.15, 0.2) is 11.5 Å². The molecule has 0 aliphatic heterocycles. The summed E-state index contributed by atoms with van der Waals surface area (Å²) >= 11 is 0. The summed E-state index contributed by atoms with van der Waals surface area (Å²) in [4.78, 5) is 19.6. The van der Waals surface area contributed by atoms with Crippen LogP contribution in [0.5, 0.6) is 11.5 Å². The first-order chi connectivity index (χ1) is 15.6. The molecule has 8 nitrogen and oxygen atoms in total. The highest BCUT2D eigenvalue weighted by Crippen LogP contribution is 2.42. The zero-order chi connectivity index (χ0) is 23.9. The summed E-state index contributed by atoms with van der Waals surface area (Å²) in [5, 5.41) is 14.9. The molecule has 1 fully saturated rings. The van der Waals surface area contributed by atoms with Crippen molar-refractivity contribution in [1.29, 1.82) is 0 Å². The molecule has 2 aromatic carbocycles. The minimum atomic E-state index is -4.72. The fourth-order valence-corrected chi connectivity index (χ4v) is 3.55. The highest BCUT2D eigenvalue weighted by Gasteiger charge is 2.33. The standard InChI is InChI=1S/C22H21F3N4O4/c1-11(13-6-14(22(23,24)25)8-15(7-13)29(30)31)26-21-16-9-18(32-2)19(33-3)10-17(16)27-20(28-21)12-4-5-12/h6-12H,4-5H2,1-3H3,(H,26,27,28)/t11-/m1/s1. The van der Waals surface area contributed by atoms with Crippen molar-refractivity contribution in [2.75, 3.05) is 19.5 Å². The third-order valence-corrected chi connectivity index (χ3v) is 5.49. The van der Waals surface area contributed by atoms with Gasteiger partial charge in [0.05, 0.1) is 36.3 Å². The number of fused-ring (bicyclic) bond motifs is 1. The average Bonchev–Trinajstić information content (AvgIpc) is 3.62. The van der Waals surface area contributed by atoms with Gasteiger partial charge in [0.1, 0.15) is 11.6 Å². The minimum absolute atomic E-state index is 0.108. The van der Waals surface area contributed by atoms with E-state index in [1.807, 2.05) is 0 Å². The van der Waals surface area contributed by atoms with Crippen LogP contribution in [-0.4, -0.2) is 29.1 Å². The van der Waals surface area contributed by atoms with Crippen LogP contribution in [0.1, 0.15) is 48.7 Å². The van der Waals surface area contributed by atoms with Gasteiger partial charge in [-0.05, 0) is 37.5 Å². The Balaban J connectivity index is 1.79. The average molecular weight is 462 g/mol. The van der Waals surface area contributed by atoms with E-state index in [1.54, 1.807) is 19.1 Å². The number of methoxy groups -OCH3 is 2. The van der Waals surface area contributed by atoms with Crippen molar-refractivity contribution < 1.29 is 27.6 Å². The van der Waals surface area contributed by atoms with E-state index in [0.717, 1.165) is 25.0 Å². The molecule has 1 heterocycles. The van der Waals surface area contributed by atoms with Crippen molar-refractivity contribution in [1.82, 2.24) is 9.97 Å². The van der Waals surface area contributed by atoms with Crippen molar-refractivity contribution in [3.8, 4) is 11.5 Å². The summed E-state index contributed by atoms with van der Waals surface area (Å²) in [5.74, 6) is 2.17. The molecule has 33 heavy (non-hydrogen) atoms. The van der Waals surface area contributed by atoms with E-state index in [1.165, 1.54) is 14.2 Å². The number of benzene rings is 2. The van der Waals surface area contributed by atoms with Crippen molar-refractivity contribution in [3.63, 3.8) is 0 Å². The van der Waals surface area contributed by atoms with Crippen LogP contribution >= 0.6 is 0 Å². The lowest BCUT2D eigenvalue weighted by molar-refractivity contribution is -0.385. The second kappa shape index (κ2) is 8.38. The molecule has 0 spiro atoms. The maximum atomic E-state index is 13.3. The molecule has 174 valence electrons. The highest BCUT2D eigenvalue weighted by atomic mass is 19.4. The number of alkyl halides is 3. The number of nitrogens with zero attached hydrogens (tertiary/aromatic N) is 3. The molecule has 0 radical (unpaired) electrons. The Kier molecular flexibility index (Phi) is 5.73. The second-order valence-corrected chi connectivity index (χ2v) is 7.86. The van der Waals surface area contributed by atoms with Gasteiger partial charge in [-0.1, -0.05) is 0 Å². The Bertz CT molecular complexity index is 1230. The van der Waals surface area contributed by atoms with Crippen molar-refractivity contribution in [2.24, 2.45) is 0 Å². The fourth-order valence-electron chi connectivity index (χ4n) is 3.55. The summed E-state index contributed by atoms with van der Waals surface area (Å²) in [6.45, 7) is 1.62. The van der Waals surface area contributed by atoms with Crippen molar-refractivity contribution in [3.05, 3.63) is 57.4 Å². The maximum absolute atomic E-state index is 13.3. The van der Waals surface area contributed by atoms with Crippen LogP contribution in [0, 0.1) is 10.1 Å². The molecule has 1 saturated carbocycles. The zero-order valence-electron chi connectivity index (χ0n) is 18.1. The monoisotopic (exact) mass is 462 g/mol. The lowest BCUT2D eigenvalue weighted by Crippen LogP contribution is -2.13. The number of nitro benzene ring substituents is 1. The van der Waals surface area contributed by atoms with Gasteiger partial charge in [-0.3, -0.25) is 10.1 Å². The van der Waals surface area contributed by atoms with Gasteiger partial charge in [0.2, 0.25) is 0 Å². The van der Waals surface area contributed by atoms with Gasteiger partial charge in [0, 0.05) is 29.5 Å². The van der Waals surface area contributed by atoms with E-state index in [0.29, 0.717) is 40.1 Å². The SMILES string of the molecule is COc1cc2nc(C3CC3)nc(N[C@H](C)c3cc([N+](=O)[O-])cc(C(F)(F)F)c3)c2cc1OC. The zero-order valence-corrected chi connectivity index (χ0v) is 18.1. The van der Waals surface area contributed by atoms with Gasteiger partial charge in [-0.2, -0.15) is 13.2 Å². The van der Waals surface area contributed by atoms with E-state index < -0.39 is 28.4 Å². The molecule has 3 aromatic rings. The van der Waals surface area contributed by atoms with E-state index in [9.17, 15) is 23.3 Å². The predicted octanol–water partition coefficient (Wildman–Crippen LogP) is 5.62. The Labute approximate surface area is 186 Å². The summed E-state index contributed by atoms with van der Waals surface area (Å²) in [6.07, 6.45) is -2.81. The van der Waals surface area contributed by atoms with E-state index in [-0.39, 0.29) is 11.5 Å². The van der Waals surface area contributed by atoms with Crippen LogP contribution in [0.4, 0.5) is 24.7 Å². The first-order valence-electron chi connectivity index (χ1n) is 10.2. The highest BCUT2D eigenvalue weighted by molar-refractivity contribution is 5.92. The molecule has 1 atom stereocenters. The topological polar surface area (TPSA) is 99.4 Å². The quantitative estimate of drug-likeness (QED) is 0.359. The number of halogens is 3. The minimum Gasteiger partial charge on any atom is -0.493 e. The lowest BCUT2D eigenvalue weighted by Gasteiger charge is -2.19. The summed E-state index contributed by atoms with van der Waals surface area (Å²) in [7, 11) is 3.00. The van der Waals surface area contributed by atoms with Gasteiger partial charge in [-0.25, -0.2) is 9.97 Å². The van der Waals surface area contributed by atoms with E-state index in [2.05, 4.69) is 15.3 Å². The maximum Gasteiger partial charge on any atom is 0.416 e. The van der Waals surface area contributed by atoms with Crippen LogP contribution in [0.25, 0.3) is 10.9 Å². The number of ether oxygens (including phenoxy) is 2. The summed E-state index contributed by atoms with van der Waals surface area (Å²) < 4.78 is 50.7. The van der Waals surface area contributed by atoms with E-state index >= 15 is 0 Å². The molecule has 1 aromatic heterocycles. The molecular formula is C22H21F3N4O4. The van der Waals surface area contributed by atoms with Crippen molar-refractivity contribution >= 4 is 22.4 Å². The van der Waals surface area contributed by atoms with Gasteiger partial charge in [0.25, 0.3) is 5.69 Å². The molecule has 0 saturated heterocycles. The fraction of sp³-hybridized carbons (Fsp3) is 0.364. The number of nitro groups is 1. The molecule has 0 unspecified atom stereocenters. The summed E-state index contributed by atoms with van der Waals surface area (Å²) in [6, 6.07) is 5.24. The Morgan fingerprint density at radius 2 is 1.76 bits per heavy atom. The molecule has 11 heteroatoms. The van der Waals surface area contributed by atoms with Crippen LogP contribution < -0.4 is 14.8 Å². The number of non-ortho nitro benzene ring substituents is 1. The van der Waals surface area contributed by atoms with Crippen LogP contribution in [0.15, 0.2) is 30.3 Å². The normalized spacial score (nSPS) is 14.7. The lowest BCUT2D eigenvalue weighted by atomic mass is 10.0. The van der Waals surface area contributed by atoms with Gasteiger partial charge >= 0.3 is 6.18 Å². The molecular weight excluding hydrogens is 441 g/mol. The number of hydrogen-bond acceptors (Lipinski definition) is 7. The number of nitrogens with one attached hydrogen (secondary N) is 1. The number of anilines is 1. The third-order valence-electron chi connectivity index (χ3n) is 5.49. The first kappa shape index (κ1) is 22.6. The molecule has 0 bridgehead atoms. The number of aromatic nitrogens is 2. The van der Waals surface area contributed by atoms with Crippen LogP contribution in [0.2, 0.25) is 0 Å². The Hall–Kier alpha value is -3.63. The Morgan fingerprint density at radius 3 is 2.33 bits per heavy atom. The predicted molar refractivity (Wildman–Crippen MR) is 115 cm³/mol. The smallest absolute Gasteiger partial charge is 0.416 e. The first-order valence-corrected chi connectivity index (χ1v) is 10.2. The Morgan fingerprint density at radius 1 is 1.09 bits per heavy atom. The van der Waals surface area contributed by atoms with Crippen LogP contribution in [0.3, 0.4) is 0 Å². The van der Waals surface area contributed by atoms with Gasteiger partial charge in [-0.15, -0.1) is 0 Å². The van der Waals surface area contributed by atoms with Gasteiger partial charge < -0.3 is 14.8 Å². The molecule has 1 N–H and O–H groups in total. The molecule has 4 rings (SSSR count). The van der Waals surface area contributed by atoms with Crippen molar-refractivity contribution in [2.45, 2.75) is 37.9 Å². The molecule has 1 aliphatic carbocycles. The largest absolute Gasteiger partial charge is 0.493 e. The second-order valence-electron chi connectivity index (χ2n) is 7.86. The summed E-state index contributed by atoms with van der Waals surface area (Å²) in [5.41, 5.74) is -1.02.